The van der Waals surface area contributed by atoms with Crippen LogP contribution >= 0.6 is 11.3 Å². The SMILES string of the molecule is COc1cc(/C=C/C(=O)c2cccs2)c([N+](=O)[O-])cc1OC. The Bertz CT molecular complexity index is 722. The number of ketones is 1. The largest absolute Gasteiger partial charge is 0.493 e. The maximum atomic E-state index is 11.9. The summed E-state index contributed by atoms with van der Waals surface area (Å²) in [5.41, 5.74) is 0.112. The van der Waals surface area contributed by atoms with Gasteiger partial charge in [0.15, 0.2) is 17.3 Å². The summed E-state index contributed by atoms with van der Waals surface area (Å²) in [7, 11) is 2.84. The molecule has 7 heteroatoms. The molecule has 1 aromatic carbocycles. The number of hydrogen-bond acceptors (Lipinski definition) is 6. The second-order valence-electron chi connectivity index (χ2n) is 4.20. The first-order valence-corrected chi connectivity index (χ1v) is 7.11. The highest BCUT2D eigenvalue weighted by molar-refractivity contribution is 7.12. The van der Waals surface area contributed by atoms with Crippen LogP contribution in [0.15, 0.2) is 35.7 Å². The van der Waals surface area contributed by atoms with Crippen LogP contribution in [0.2, 0.25) is 0 Å². The van der Waals surface area contributed by atoms with Gasteiger partial charge >= 0.3 is 0 Å². The van der Waals surface area contributed by atoms with E-state index >= 15 is 0 Å². The molecule has 0 aliphatic carbocycles. The number of allylic oxidation sites excluding steroid dienone is 1. The van der Waals surface area contributed by atoms with E-state index in [9.17, 15) is 14.9 Å². The zero-order valence-electron chi connectivity index (χ0n) is 11.9. The summed E-state index contributed by atoms with van der Waals surface area (Å²) in [6.07, 6.45) is 2.71. The standard InChI is InChI=1S/C15H13NO5S/c1-20-13-8-10(11(16(18)19)9-14(13)21-2)5-6-12(17)15-4-3-7-22-15/h3-9H,1-2H3/b6-5+. The van der Waals surface area contributed by atoms with Crippen molar-refractivity contribution in [3.05, 3.63) is 56.3 Å². The van der Waals surface area contributed by atoms with Gasteiger partial charge in [-0.3, -0.25) is 14.9 Å². The fourth-order valence-corrected chi connectivity index (χ4v) is 2.49. The molecule has 6 nitrogen and oxygen atoms in total. The number of hydrogen-bond donors (Lipinski definition) is 0. The number of carbonyl (C=O) groups excluding carboxylic acids is 1. The van der Waals surface area contributed by atoms with Gasteiger partial charge in [-0.15, -0.1) is 11.3 Å². The number of carbonyl (C=O) groups is 1. The lowest BCUT2D eigenvalue weighted by molar-refractivity contribution is -0.385. The normalized spacial score (nSPS) is 10.6. The number of benzene rings is 1. The van der Waals surface area contributed by atoms with Crippen molar-refractivity contribution in [1.29, 1.82) is 0 Å². The molecule has 0 amide bonds. The van der Waals surface area contributed by atoms with E-state index in [1.165, 1.54) is 49.8 Å². The van der Waals surface area contributed by atoms with Gasteiger partial charge in [0.2, 0.25) is 0 Å². The van der Waals surface area contributed by atoms with Gasteiger partial charge < -0.3 is 9.47 Å². The van der Waals surface area contributed by atoms with Crippen LogP contribution in [0.4, 0.5) is 5.69 Å². The number of methoxy groups -OCH3 is 2. The fourth-order valence-electron chi connectivity index (χ4n) is 1.84. The Morgan fingerprint density at radius 2 is 1.95 bits per heavy atom. The van der Waals surface area contributed by atoms with E-state index in [1.807, 2.05) is 0 Å². The molecule has 0 fully saturated rings. The molecular weight excluding hydrogens is 306 g/mol. The number of nitro groups is 1. The molecule has 1 heterocycles. The lowest BCUT2D eigenvalue weighted by Gasteiger charge is -2.08. The zero-order valence-corrected chi connectivity index (χ0v) is 12.8. The van der Waals surface area contributed by atoms with Crippen molar-refractivity contribution >= 4 is 28.9 Å². The number of nitrogens with zero attached hydrogens (tertiary/aromatic N) is 1. The second-order valence-corrected chi connectivity index (χ2v) is 5.15. The van der Waals surface area contributed by atoms with Gasteiger partial charge in [0.05, 0.1) is 35.6 Å². The average molecular weight is 319 g/mol. The summed E-state index contributed by atoms with van der Waals surface area (Å²) < 4.78 is 10.2. The minimum Gasteiger partial charge on any atom is -0.493 e. The summed E-state index contributed by atoms with van der Waals surface area (Å²) in [5.74, 6) is 0.409. The van der Waals surface area contributed by atoms with E-state index < -0.39 is 4.92 Å². The predicted octanol–water partition coefficient (Wildman–Crippen LogP) is 3.57. The van der Waals surface area contributed by atoms with E-state index in [1.54, 1.807) is 17.5 Å². The van der Waals surface area contributed by atoms with Crippen molar-refractivity contribution in [1.82, 2.24) is 0 Å². The molecule has 0 unspecified atom stereocenters. The molecule has 2 rings (SSSR count). The number of rotatable bonds is 6. The second kappa shape index (κ2) is 6.86. The van der Waals surface area contributed by atoms with Crippen LogP contribution in [-0.4, -0.2) is 24.9 Å². The summed E-state index contributed by atoms with van der Waals surface area (Å²) >= 11 is 1.31. The third-order valence-electron chi connectivity index (χ3n) is 2.91. The predicted molar refractivity (Wildman–Crippen MR) is 83.9 cm³/mol. The third-order valence-corrected chi connectivity index (χ3v) is 3.79. The molecule has 0 aliphatic rings. The van der Waals surface area contributed by atoms with Crippen LogP contribution < -0.4 is 9.47 Å². The van der Waals surface area contributed by atoms with Crippen molar-refractivity contribution < 1.29 is 19.2 Å². The molecule has 0 bridgehead atoms. The molecule has 2 aromatic rings. The molecule has 114 valence electrons. The van der Waals surface area contributed by atoms with E-state index in [-0.39, 0.29) is 22.8 Å². The summed E-state index contributed by atoms with van der Waals surface area (Å²) in [5, 5.41) is 12.9. The van der Waals surface area contributed by atoms with Crippen LogP contribution in [0.3, 0.4) is 0 Å². The van der Waals surface area contributed by atoms with Crippen LogP contribution in [0.5, 0.6) is 11.5 Å². The van der Waals surface area contributed by atoms with Gasteiger partial charge in [0.1, 0.15) is 0 Å². The Morgan fingerprint density at radius 3 is 2.50 bits per heavy atom. The number of ether oxygens (including phenoxy) is 2. The smallest absolute Gasteiger partial charge is 0.280 e. The highest BCUT2D eigenvalue weighted by atomic mass is 32.1. The lowest BCUT2D eigenvalue weighted by Crippen LogP contribution is -1.97. The van der Waals surface area contributed by atoms with Gasteiger partial charge in [-0.05, 0) is 29.7 Å². The van der Waals surface area contributed by atoms with Crippen LogP contribution in [0.25, 0.3) is 6.08 Å². The molecule has 0 atom stereocenters. The Hall–Kier alpha value is -2.67. The van der Waals surface area contributed by atoms with E-state index in [2.05, 4.69) is 0 Å². The summed E-state index contributed by atoms with van der Waals surface area (Å²) in [6.45, 7) is 0. The average Bonchev–Trinajstić information content (AvgIpc) is 3.05. The lowest BCUT2D eigenvalue weighted by atomic mass is 10.1. The Balaban J connectivity index is 2.40. The fraction of sp³-hybridized carbons (Fsp3) is 0.133. The van der Waals surface area contributed by atoms with Gasteiger partial charge in [-0.2, -0.15) is 0 Å². The minimum absolute atomic E-state index is 0.159. The van der Waals surface area contributed by atoms with Crippen molar-refractivity contribution in [2.75, 3.05) is 14.2 Å². The maximum Gasteiger partial charge on any atom is 0.280 e. The Morgan fingerprint density at radius 1 is 1.27 bits per heavy atom. The first kappa shape index (κ1) is 15.7. The van der Waals surface area contributed by atoms with E-state index in [4.69, 9.17) is 9.47 Å². The minimum atomic E-state index is -0.531. The maximum absolute atomic E-state index is 11.9. The van der Waals surface area contributed by atoms with Crippen molar-refractivity contribution in [2.45, 2.75) is 0 Å². The Kier molecular flexibility index (Phi) is 4.90. The highest BCUT2D eigenvalue weighted by Crippen LogP contribution is 2.35. The van der Waals surface area contributed by atoms with Gasteiger partial charge in [-0.1, -0.05) is 6.07 Å². The molecular formula is C15H13NO5S. The van der Waals surface area contributed by atoms with Gasteiger partial charge in [0.25, 0.3) is 5.69 Å². The molecule has 1 aromatic heterocycles. The zero-order chi connectivity index (χ0) is 16.1. The number of thiophene rings is 1. The third kappa shape index (κ3) is 3.32. The molecule has 0 N–H and O–H groups in total. The van der Waals surface area contributed by atoms with Crippen LogP contribution in [0.1, 0.15) is 15.2 Å². The highest BCUT2D eigenvalue weighted by Gasteiger charge is 2.18. The molecule has 0 saturated heterocycles. The first-order chi connectivity index (χ1) is 10.6. The van der Waals surface area contributed by atoms with E-state index in [0.717, 1.165) is 0 Å². The molecule has 0 aliphatic heterocycles. The monoisotopic (exact) mass is 319 g/mol. The van der Waals surface area contributed by atoms with Gasteiger partial charge in [0, 0.05) is 0 Å². The summed E-state index contributed by atoms with van der Waals surface area (Å²) in [6, 6.07) is 6.20. The number of nitro benzene ring substituents is 1. The molecule has 22 heavy (non-hydrogen) atoms. The van der Waals surface area contributed by atoms with Crippen molar-refractivity contribution in [2.24, 2.45) is 0 Å². The molecule has 0 saturated carbocycles. The van der Waals surface area contributed by atoms with Crippen LogP contribution in [0, 0.1) is 10.1 Å². The van der Waals surface area contributed by atoms with Crippen molar-refractivity contribution in [3.63, 3.8) is 0 Å². The molecule has 0 radical (unpaired) electrons. The van der Waals surface area contributed by atoms with Crippen LogP contribution in [-0.2, 0) is 0 Å². The Labute approximate surface area is 130 Å². The molecule has 0 spiro atoms. The quantitative estimate of drug-likeness (QED) is 0.352. The summed E-state index contributed by atoms with van der Waals surface area (Å²) in [4.78, 5) is 23.1. The van der Waals surface area contributed by atoms with Gasteiger partial charge in [-0.25, -0.2) is 0 Å². The first-order valence-electron chi connectivity index (χ1n) is 6.23. The van der Waals surface area contributed by atoms with Crippen molar-refractivity contribution in [3.8, 4) is 11.5 Å². The van der Waals surface area contributed by atoms with E-state index in [0.29, 0.717) is 10.6 Å². The topological polar surface area (TPSA) is 78.7 Å².